The first kappa shape index (κ1) is 15.4. The van der Waals surface area contributed by atoms with Crippen LogP contribution in [0.15, 0.2) is 11.4 Å². The van der Waals surface area contributed by atoms with Gasteiger partial charge in [0.2, 0.25) is 0 Å². The number of ether oxygens (including phenoxy) is 1. The Balaban J connectivity index is 2.57. The van der Waals surface area contributed by atoms with Gasteiger partial charge in [-0.05, 0) is 56.4 Å². The summed E-state index contributed by atoms with van der Waals surface area (Å²) in [6, 6.07) is 1.12. The molecule has 1 rings (SSSR count). The highest BCUT2D eigenvalue weighted by Crippen LogP contribution is 2.16. The third kappa shape index (κ3) is 4.93. The van der Waals surface area contributed by atoms with Crippen molar-refractivity contribution < 1.29 is 14.3 Å². The molecule has 18 heavy (non-hydrogen) atoms. The molecule has 1 aromatic heterocycles. The predicted octanol–water partition coefficient (Wildman–Crippen LogP) is 2.81. The summed E-state index contributed by atoms with van der Waals surface area (Å²) in [7, 11) is 0. The van der Waals surface area contributed by atoms with Gasteiger partial charge in [-0.25, -0.2) is 4.79 Å². The smallest absolute Gasteiger partial charge is 0.328 e. The fourth-order valence-electron chi connectivity index (χ4n) is 1.16. The lowest BCUT2D eigenvalue weighted by Crippen LogP contribution is -2.42. The van der Waals surface area contributed by atoms with Crippen molar-refractivity contribution in [1.29, 1.82) is 0 Å². The maximum Gasteiger partial charge on any atom is 0.328 e. The molecule has 0 aliphatic carbocycles. The quantitative estimate of drug-likeness (QED) is 0.647. The number of amides is 1. The number of nitrogens with one attached hydrogen (secondary N) is 1. The van der Waals surface area contributed by atoms with Gasteiger partial charge in [0.05, 0.1) is 8.45 Å². The van der Waals surface area contributed by atoms with Crippen LogP contribution in [-0.4, -0.2) is 23.5 Å². The lowest BCUT2D eigenvalue weighted by atomic mass is 10.2. The number of esters is 1. The SMILES string of the molecule is C[C@@H](NC(=O)c1csc(I)c1)C(=O)OC(C)(C)C. The minimum atomic E-state index is -0.658. The number of hydrogen-bond donors (Lipinski definition) is 1. The van der Waals surface area contributed by atoms with E-state index in [4.69, 9.17) is 4.74 Å². The van der Waals surface area contributed by atoms with Crippen molar-refractivity contribution in [3.63, 3.8) is 0 Å². The van der Waals surface area contributed by atoms with Gasteiger partial charge in [-0.15, -0.1) is 11.3 Å². The predicted molar refractivity (Wildman–Crippen MR) is 79.8 cm³/mol. The van der Waals surface area contributed by atoms with Gasteiger partial charge < -0.3 is 10.1 Å². The Hall–Kier alpha value is -0.630. The fraction of sp³-hybridized carbons (Fsp3) is 0.500. The first-order valence-electron chi connectivity index (χ1n) is 5.47. The maximum absolute atomic E-state index is 11.8. The molecular formula is C12H16INO3S. The van der Waals surface area contributed by atoms with Crippen molar-refractivity contribution in [2.75, 3.05) is 0 Å². The third-order valence-electron chi connectivity index (χ3n) is 1.94. The van der Waals surface area contributed by atoms with E-state index in [2.05, 4.69) is 27.9 Å². The van der Waals surface area contributed by atoms with Crippen molar-refractivity contribution in [2.24, 2.45) is 0 Å². The van der Waals surface area contributed by atoms with Crippen LogP contribution in [0.1, 0.15) is 38.1 Å². The second kappa shape index (κ2) is 6.01. The van der Waals surface area contributed by atoms with Gasteiger partial charge in [-0.1, -0.05) is 0 Å². The summed E-state index contributed by atoms with van der Waals surface area (Å²) < 4.78 is 6.22. The third-order valence-corrected chi connectivity index (χ3v) is 3.73. The molecule has 0 radical (unpaired) electrons. The number of hydrogen-bond acceptors (Lipinski definition) is 4. The summed E-state index contributed by atoms with van der Waals surface area (Å²) in [5.41, 5.74) is 0.0215. The molecule has 6 heteroatoms. The molecule has 1 aromatic rings. The number of thiophene rings is 1. The van der Waals surface area contributed by atoms with Crippen molar-refractivity contribution in [1.82, 2.24) is 5.32 Å². The Bertz CT molecular complexity index is 450. The molecule has 0 aliphatic heterocycles. The average molecular weight is 381 g/mol. The van der Waals surface area contributed by atoms with E-state index < -0.39 is 17.6 Å². The van der Waals surface area contributed by atoms with Crippen molar-refractivity contribution in [3.05, 3.63) is 19.9 Å². The number of carbonyl (C=O) groups is 2. The molecule has 0 saturated carbocycles. The molecule has 0 unspecified atom stereocenters. The fourth-order valence-corrected chi connectivity index (χ4v) is 2.48. The highest BCUT2D eigenvalue weighted by Gasteiger charge is 2.23. The standard InChI is InChI=1S/C12H16INO3S/c1-7(11(16)17-12(2,3)4)14-10(15)8-5-9(13)18-6-8/h5-7H,1-4H3,(H,14,15)/t7-/m1/s1. The Kier molecular flexibility index (Phi) is 5.15. The van der Waals surface area contributed by atoms with Gasteiger partial charge in [0, 0.05) is 5.38 Å². The zero-order valence-electron chi connectivity index (χ0n) is 10.7. The van der Waals surface area contributed by atoms with E-state index >= 15 is 0 Å². The van der Waals surface area contributed by atoms with E-state index in [1.165, 1.54) is 11.3 Å². The van der Waals surface area contributed by atoms with Crippen LogP contribution < -0.4 is 5.32 Å². The molecule has 1 heterocycles. The molecule has 0 aromatic carbocycles. The number of rotatable bonds is 3. The van der Waals surface area contributed by atoms with Gasteiger partial charge in [0.25, 0.3) is 5.91 Å². The van der Waals surface area contributed by atoms with Gasteiger partial charge in [-0.2, -0.15) is 0 Å². The summed E-state index contributed by atoms with van der Waals surface area (Å²) in [6.07, 6.45) is 0. The molecule has 0 fully saturated rings. The first-order chi connectivity index (χ1) is 8.19. The highest BCUT2D eigenvalue weighted by atomic mass is 127. The molecule has 4 nitrogen and oxygen atoms in total. The lowest BCUT2D eigenvalue weighted by molar-refractivity contribution is -0.156. The van der Waals surface area contributed by atoms with Crippen LogP contribution in [0.3, 0.4) is 0 Å². The lowest BCUT2D eigenvalue weighted by Gasteiger charge is -2.22. The molecule has 0 spiro atoms. The molecule has 1 amide bonds. The summed E-state index contributed by atoms with van der Waals surface area (Å²) in [6.45, 7) is 6.99. The van der Waals surface area contributed by atoms with Gasteiger partial charge in [0.15, 0.2) is 0 Å². The number of carbonyl (C=O) groups excluding carboxylic acids is 2. The molecule has 1 N–H and O–H groups in total. The van der Waals surface area contributed by atoms with Crippen molar-refractivity contribution in [3.8, 4) is 0 Å². The van der Waals surface area contributed by atoms with Crippen LogP contribution in [0.25, 0.3) is 0 Å². The largest absolute Gasteiger partial charge is 0.458 e. The zero-order chi connectivity index (χ0) is 13.9. The maximum atomic E-state index is 11.8. The van der Waals surface area contributed by atoms with E-state index in [1.54, 1.807) is 39.1 Å². The van der Waals surface area contributed by atoms with E-state index in [1.807, 2.05) is 0 Å². The molecule has 100 valence electrons. The van der Waals surface area contributed by atoms with Crippen LogP contribution in [0, 0.1) is 2.88 Å². The van der Waals surface area contributed by atoms with E-state index in [-0.39, 0.29) is 5.91 Å². The van der Waals surface area contributed by atoms with Crippen molar-refractivity contribution in [2.45, 2.75) is 39.3 Å². The normalized spacial score (nSPS) is 12.9. The summed E-state index contributed by atoms with van der Waals surface area (Å²) in [5, 5.41) is 4.38. The van der Waals surface area contributed by atoms with E-state index in [0.717, 1.165) is 2.88 Å². The van der Waals surface area contributed by atoms with Crippen LogP contribution in [-0.2, 0) is 9.53 Å². The first-order valence-corrected chi connectivity index (χ1v) is 7.42. The van der Waals surface area contributed by atoms with Crippen LogP contribution in [0.2, 0.25) is 0 Å². The highest BCUT2D eigenvalue weighted by molar-refractivity contribution is 14.1. The van der Waals surface area contributed by atoms with Crippen LogP contribution in [0.5, 0.6) is 0 Å². The molecule has 0 saturated heterocycles. The molecule has 0 aliphatic rings. The monoisotopic (exact) mass is 381 g/mol. The molecular weight excluding hydrogens is 365 g/mol. The summed E-state index contributed by atoms with van der Waals surface area (Å²) in [5.74, 6) is -0.687. The second-order valence-electron chi connectivity index (χ2n) is 4.87. The second-order valence-corrected chi connectivity index (χ2v) is 7.67. The Labute approximate surface area is 124 Å². The van der Waals surface area contributed by atoms with Gasteiger partial charge >= 0.3 is 5.97 Å². The molecule has 0 bridgehead atoms. The average Bonchev–Trinajstić information content (AvgIpc) is 2.62. The Morgan fingerprint density at radius 3 is 2.50 bits per heavy atom. The van der Waals surface area contributed by atoms with Crippen LogP contribution in [0.4, 0.5) is 0 Å². The Morgan fingerprint density at radius 1 is 1.44 bits per heavy atom. The minimum absolute atomic E-state index is 0.257. The van der Waals surface area contributed by atoms with Gasteiger partial charge in [0.1, 0.15) is 11.6 Å². The number of halogens is 1. The Morgan fingerprint density at radius 2 is 2.06 bits per heavy atom. The van der Waals surface area contributed by atoms with Crippen molar-refractivity contribution >= 4 is 45.8 Å². The van der Waals surface area contributed by atoms with Gasteiger partial charge in [-0.3, -0.25) is 4.79 Å². The van der Waals surface area contributed by atoms with Crippen LogP contribution >= 0.6 is 33.9 Å². The van der Waals surface area contributed by atoms with E-state index in [9.17, 15) is 9.59 Å². The summed E-state index contributed by atoms with van der Waals surface area (Å²) in [4.78, 5) is 23.5. The molecule has 1 atom stereocenters. The van der Waals surface area contributed by atoms with E-state index in [0.29, 0.717) is 5.56 Å². The minimum Gasteiger partial charge on any atom is -0.458 e. The zero-order valence-corrected chi connectivity index (χ0v) is 13.7. The topological polar surface area (TPSA) is 55.4 Å². The summed E-state index contributed by atoms with van der Waals surface area (Å²) >= 11 is 3.63.